The Morgan fingerprint density at radius 2 is 1.96 bits per heavy atom. The van der Waals surface area contributed by atoms with Crippen LogP contribution in [0.15, 0.2) is 48.9 Å². The van der Waals surface area contributed by atoms with Crippen molar-refractivity contribution < 1.29 is 4.74 Å². The van der Waals surface area contributed by atoms with Crippen LogP contribution in [-0.2, 0) is 11.3 Å². The molecule has 1 aromatic carbocycles. The first-order valence-electron chi connectivity index (χ1n) is 9.67. The van der Waals surface area contributed by atoms with Gasteiger partial charge in [0.15, 0.2) is 0 Å². The first-order valence-corrected chi connectivity index (χ1v) is 9.67. The number of hydrogen-bond acceptors (Lipinski definition) is 4. The third kappa shape index (κ3) is 3.78. The molecule has 0 amide bonds. The predicted octanol–water partition coefficient (Wildman–Crippen LogP) is 4.56. The summed E-state index contributed by atoms with van der Waals surface area (Å²) in [6.45, 7) is 8.10. The van der Waals surface area contributed by atoms with Crippen LogP contribution < -0.4 is 0 Å². The molecule has 0 spiro atoms. The maximum absolute atomic E-state index is 5.96. The summed E-state index contributed by atoms with van der Waals surface area (Å²) >= 11 is 0. The van der Waals surface area contributed by atoms with Gasteiger partial charge >= 0.3 is 0 Å². The molecule has 3 heterocycles. The molecule has 0 bridgehead atoms. The minimum absolute atomic E-state index is 0.225. The smallest absolute Gasteiger partial charge is 0.131 e. The highest BCUT2D eigenvalue weighted by Crippen LogP contribution is 2.32. The molecule has 1 aliphatic heterocycles. The highest BCUT2D eigenvalue weighted by atomic mass is 16.5. The van der Waals surface area contributed by atoms with Crippen LogP contribution in [-0.4, -0.2) is 32.2 Å². The van der Waals surface area contributed by atoms with Crippen LogP contribution in [0.3, 0.4) is 0 Å². The second-order valence-corrected chi connectivity index (χ2v) is 7.71. The van der Waals surface area contributed by atoms with E-state index < -0.39 is 0 Å². The quantitative estimate of drug-likeness (QED) is 0.668. The summed E-state index contributed by atoms with van der Waals surface area (Å²) in [7, 11) is 0. The largest absolute Gasteiger partial charge is 0.376 e. The van der Waals surface area contributed by atoms with Crippen molar-refractivity contribution in [3.05, 3.63) is 54.7 Å². The molecule has 1 unspecified atom stereocenters. The summed E-state index contributed by atoms with van der Waals surface area (Å²) in [5.74, 6) is 1.74. The predicted molar refractivity (Wildman–Crippen MR) is 106 cm³/mol. The fourth-order valence-electron chi connectivity index (χ4n) is 3.61. The van der Waals surface area contributed by atoms with E-state index in [2.05, 4.69) is 42.5 Å². The van der Waals surface area contributed by atoms with E-state index in [4.69, 9.17) is 14.7 Å². The third-order valence-electron chi connectivity index (χ3n) is 5.00. The molecule has 3 aromatic rings. The van der Waals surface area contributed by atoms with E-state index >= 15 is 0 Å². The Hall–Kier alpha value is -2.53. The number of imidazole rings is 1. The first-order chi connectivity index (χ1) is 13.1. The first kappa shape index (κ1) is 17.9. The van der Waals surface area contributed by atoms with Gasteiger partial charge in [0.05, 0.1) is 36.1 Å². The molecule has 2 aromatic heterocycles. The van der Waals surface area contributed by atoms with Crippen molar-refractivity contribution in [2.45, 2.75) is 45.8 Å². The van der Waals surface area contributed by atoms with Crippen LogP contribution in [0.1, 0.15) is 38.9 Å². The summed E-state index contributed by atoms with van der Waals surface area (Å²) in [5, 5.41) is 0. The average molecular weight is 362 g/mol. The van der Waals surface area contributed by atoms with E-state index in [1.165, 1.54) is 0 Å². The Morgan fingerprint density at radius 1 is 1.15 bits per heavy atom. The number of rotatable bonds is 5. The second kappa shape index (κ2) is 7.61. The maximum atomic E-state index is 5.96. The molecule has 2 atom stereocenters. The molecule has 0 radical (unpaired) electrons. The molecule has 1 saturated heterocycles. The molecule has 5 nitrogen and oxygen atoms in total. The zero-order valence-corrected chi connectivity index (χ0v) is 16.2. The van der Waals surface area contributed by atoms with Crippen LogP contribution in [0.4, 0.5) is 0 Å². The van der Waals surface area contributed by atoms with Crippen molar-refractivity contribution in [1.29, 1.82) is 0 Å². The van der Waals surface area contributed by atoms with Gasteiger partial charge in [0.25, 0.3) is 0 Å². The standard InChI is InChI=1S/C22H26N4O/c1-15(2)22-23-10-9-19(25-22)21-20(17-7-5-4-6-8-17)24-14-26(21)12-18-11-16(3)13-27-18/h4-10,14-16,18H,11-13H2,1-3H3/t16?,18-/m1/s1. The van der Waals surface area contributed by atoms with Crippen molar-refractivity contribution in [3.8, 4) is 22.6 Å². The third-order valence-corrected chi connectivity index (χ3v) is 5.00. The van der Waals surface area contributed by atoms with Crippen LogP contribution in [0.2, 0.25) is 0 Å². The molecule has 0 saturated carbocycles. The molecule has 140 valence electrons. The van der Waals surface area contributed by atoms with Crippen LogP contribution >= 0.6 is 0 Å². The molecule has 4 rings (SSSR count). The lowest BCUT2D eigenvalue weighted by Crippen LogP contribution is -2.15. The van der Waals surface area contributed by atoms with Crippen molar-refractivity contribution in [3.63, 3.8) is 0 Å². The zero-order chi connectivity index (χ0) is 18.8. The lowest BCUT2D eigenvalue weighted by molar-refractivity contribution is 0.0943. The lowest BCUT2D eigenvalue weighted by Gasteiger charge is -2.15. The Morgan fingerprint density at radius 3 is 2.67 bits per heavy atom. The molecular formula is C22H26N4O. The van der Waals surface area contributed by atoms with Gasteiger partial charge in [-0.2, -0.15) is 0 Å². The minimum atomic E-state index is 0.225. The Kier molecular flexibility index (Phi) is 5.03. The minimum Gasteiger partial charge on any atom is -0.376 e. The van der Waals surface area contributed by atoms with Gasteiger partial charge in [-0.25, -0.2) is 15.0 Å². The summed E-state index contributed by atoms with van der Waals surface area (Å²) in [5.41, 5.74) is 4.00. The zero-order valence-electron chi connectivity index (χ0n) is 16.2. The SMILES string of the molecule is CC1CO[C@@H](Cn2cnc(-c3ccccc3)c2-c2ccnc(C(C)C)n2)C1. The molecule has 1 aliphatic rings. The number of aromatic nitrogens is 4. The second-order valence-electron chi connectivity index (χ2n) is 7.71. The molecular weight excluding hydrogens is 336 g/mol. The Labute approximate surface area is 160 Å². The van der Waals surface area contributed by atoms with E-state index in [1.54, 1.807) is 0 Å². The number of hydrogen-bond donors (Lipinski definition) is 0. The van der Waals surface area contributed by atoms with Gasteiger partial charge < -0.3 is 9.30 Å². The lowest BCUT2D eigenvalue weighted by atomic mass is 10.1. The van der Waals surface area contributed by atoms with Gasteiger partial charge in [0, 0.05) is 24.3 Å². The maximum Gasteiger partial charge on any atom is 0.131 e. The number of nitrogens with zero attached hydrogens (tertiary/aromatic N) is 4. The summed E-state index contributed by atoms with van der Waals surface area (Å²) in [4.78, 5) is 14.0. The van der Waals surface area contributed by atoms with Gasteiger partial charge in [-0.05, 0) is 18.4 Å². The van der Waals surface area contributed by atoms with Crippen molar-refractivity contribution in [1.82, 2.24) is 19.5 Å². The highest BCUT2D eigenvalue weighted by Gasteiger charge is 2.25. The number of benzene rings is 1. The van der Waals surface area contributed by atoms with Gasteiger partial charge in [0.1, 0.15) is 5.82 Å². The van der Waals surface area contributed by atoms with Gasteiger partial charge in [-0.3, -0.25) is 0 Å². The monoisotopic (exact) mass is 362 g/mol. The van der Waals surface area contributed by atoms with E-state index in [-0.39, 0.29) is 12.0 Å². The molecule has 0 aliphatic carbocycles. The molecule has 0 N–H and O–H groups in total. The Bertz CT molecular complexity index is 904. The van der Waals surface area contributed by atoms with Crippen molar-refractivity contribution in [2.24, 2.45) is 5.92 Å². The topological polar surface area (TPSA) is 52.8 Å². The Balaban J connectivity index is 1.78. The van der Waals surface area contributed by atoms with Gasteiger partial charge in [-0.1, -0.05) is 51.1 Å². The van der Waals surface area contributed by atoms with E-state index in [0.717, 1.165) is 48.0 Å². The molecule has 5 heteroatoms. The highest BCUT2D eigenvalue weighted by molar-refractivity contribution is 5.76. The van der Waals surface area contributed by atoms with Gasteiger partial charge in [0.2, 0.25) is 0 Å². The van der Waals surface area contributed by atoms with Crippen LogP contribution in [0.25, 0.3) is 22.6 Å². The van der Waals surface area contributed by atoms with Crippen molar-refractivity contribution in [2.75, 3.05) is 6.61 Å². The fourth-order valence-corrected chi connectivity index (χ4v) is 3.61. The van der Waals surface area contributed by atoms with E-state index in [9.17, 15) is 0 Å². The van der Waals surface area contributed by atoms with E-state index in [1.807, 2.05) is 36.8 Å². The van der Waals surface area contributed by atoms with E-state index in [0.29, 0.717) is 5.92 Å². The summed E-state index contributed by atoms with van der Waals surface area (Å²) in [6.07, 6.45) is 5.07. The summed E-state index contributed by atoms with van der Waals surface area (Å²) < 4.78 is 8.15. The number of ether oxygens (including phenoxy) is 1. The average Bonchev–Trinajstić information content (AvgIpc) is 3.29. The van der Waals surface area contributed by atoms with Crippen LogP contribution in [0, 0.1) is 5.92 Å². The normalized spacial score (nSPS) is 19.7. The van der Waals surface area contributed by atoms with Crippen LogP contribution in [0.5, 0.6) is 0 Å². The summed E-state index contributed by atoms with van der Waals surface area (Å²) in [6, 6.07) is 12.3. The van der Waals surface area contributed by atoms with Gasteiger partial charge in [-0.15, -0.1) is 0 Å². The fraction of sp³-hybridized carbons (Fsp3) is 0.409. The van der Waals surface area contributed by atoms with Crippen molar-refractivity contribution >= 4 is 0 Å². The molecule has 27 heavy (non-hydrogen) atoms. The molecule has 1 fully saturated rings.